The molecule has 1 amide bonds. The summed E-state index contributed by atoms with van der Waals surface area (Å²) < 4.78 is 5.16. The van der Waals surface area contributed by atoms with Crippen molar-refractivity contribution < 1.29 is 9.32 Å². The van der Waals surface area contributed by atoms with E-state index in [4.69, 9.17) is 4.52 Å². The van der Waals surface area contributed by atoms with Crippen molar-refractivity contribution in [1.29, 1.82) is 0 Å². The fraction of sp³-hybridized carbons (Fsp3) is 0.556. The van der Waals surface area contributed by atoms with Crippen LogP contribution in [-0.2, 0) is 11.2 Å². The van der Waals surface area contributed by atoms with Crippen molar-refractivity contribution in [2.75, 3.05) is 38.6 Å². The summed E-state index contributed by atoms with van der Waals surface area (Å²) in [6, 6.07) is 1.97. The Balaban J connectivity index is 1.68. The first-order valence-corrected chi connectivity index (χ1v) is 8.81. The Bertz CT molecular complexity index is 726. The minimum Gasteiger partial charge on any atom is -0.361 e. The fourth-order valence-electron chi connectivity index (χ4n) is 3.52. The van der Waals surface area contributed by atoms with Crippen LogP contribution < -0.4 is 10.2 Å². The Labute approximate surface area is 153 Å². The van der Waals surface area contributed by atoms with Gasteiger partial charge in [-0.2, -0.15) is 0 Å². The van der Waals surface area contributed by atoms with Gasteiger partial charge < -0.3 is 19.6 Å². The van der Waals surface area contributed by atoms with Crippen LogP contribution >= 0.6 is 0 Å². The lowest BCUT2D eigenvalue weighted by Gasteiger charge is -2.22. The summed E-state index contributed by atoms with van der Waals surface area (Å²) in [6.45, 7) is 6.19. The van der Waals surface area contributed by atoms with Crippen LogP contribution in [0.2, 0.25) is 0 Å². The number of aromatic nitrogens is 3. The van der Waals surface area contributed by atoms with Crippen LogP contribution in [-0.4, -0.2) is 65.7 Å². The van der Waals surface area contributed by atoms with Gasteiger partial charge in [-0.25, -0.2) is 9.97 Å². The molecule has 2 aromatic heterocycles. The Kier molecular flexibility index (Phi) is 5.51. The highest BCUT2D eigenvalue weighted by Gasteiger charge is 2.34. The zero-order valence-corrected chi connectivity index (χ0v) is 15.8. The fourth-order valence-corrected chi connectivity index (χ4v) is 3.52. The molecule has 0 unspecified atom stereocenters. The molecule has 0 bridgehead atoms. The van der Waals surface area contributed by atoms with E-state index in [2.05, 4.69) is 44.3 Å². The number of hydrogen-bond donors (Lipinski definition) is 1. The number of carbonyl (C=O) groups is 1. The lowest BCUT2D eigenvalue weighted by molar-refractivity contribution is -0.121. The van der Waals surface area contributed by atoms with E-state index in [9.17, 15) is 4.79 Å². The van der Waals surface area contributed by atoms with Gasteiger partial charge in [-0.3, -0.25) is 4.79 Å². The van der Waals surface area contributed by atoms with Crippen LogP contribution in [0.5, 0.6) is 0 Å². The van der Waals surface area contributed by atoms with Gasteiger partial charge in [0.05, 0.1) is 18.2 Å². The van der Waals surface area contributed by atoms with Crippen molar-refractivity contribution in [1.82, 2.24) is 25.3 Å². The highest BCUT2D eigenvalue weighted by Crippen LogP contribution is 2.23. The molecule has 1 saturated heterocycles. The minimum absolute atomic E-state index is 0.00214. The van der Waals surface area contributed by atoms with E-state index in [1.807, 2.05) is 19.9 Å². The lowest BCUT2D eigenvalue weighted by atomic mass is 10.0. The third-order valence-corrected chi connectivity index (χ3v) is 4.80. The predicted molar refractivity (Wildman–Crippen MR) is 97.9 cm³/mol. The van der Waals surface area contributed by atoms with E-state index < -0.39 is 0 Å². The Hall–Kier alpha value is -2.48. The summed E-state index contributed by atoms with van der Waals surface area (Å²) in [5.74, 6) is 1.93. The molecule has 3 heterocycles. The van der Waals surface area contributed by atoms with Gasteiger partial charge in [-0.05, 0) is 34.0 Å². The number of nitrogens with zero attached hydrogens (tertiary/aromatic N) is 5. The average molecular weight is 358 g/mol. The number of amides is 1. The average Bonchev–Trinajstić information content (AvgIpc) is 3.13. The second-order valence-electron chi connectivity index (χ2n) is 7.15. The summed E-state index contributed by atoms with van der Waals surface area (Å²) >= 11 is 0. The summed E-state index contributed by atoms with van der Waals surface area (Å²) in [5, 5.41) is 7.13. The maximum Gasteiger partial charge on any atom is 0.224 e. The van der Waals surface area contributed by atoms with Crippen molar-refractivity contribution in [2.45, 2.75) is 26.3 Å². The van der Waals surface area contributed by atoms with Gasteiger partial charge in [-0.1, -0.05) is 5.16 Å². The van der Waals surface area contributed by atoms with Gasteiger partial charge >= 0.3 is 0 Å². The van der Waals surface area contributed by atoms with Crippen LogP contribution in [0, 0.1) is 19.8 Å². The highest BCUT2D eigenvalue weighted by atomic mass is 16.5. The Morgan fingerprint density at radius 3 is 2.81 bits per heavy atom. The van der Waals surface area contributed by atoms with Gasteiger partial charge in [0, 0.05) is 37.3 Å². The normalized spacial score (nSPS) is 20.0. The molecule has 1 aliphatic rings. The first-order valence-electron chi connectivity index (χ1n) is 8.81. The first-order chi connectivity index (χ1) is 12.4. The van der Waals surface area contributed by atoms with Crippen molar-refractivity contribution in [3.8, 4) is 0 Å². The predicted octanol–water partition coefficient (Wildman–Crippen LogP) is 0.807. The summed E-state index contributed by atoms with van der Waals surface area (Å²) in [5.41, 5.74) is 1.65. The summed E-state index contributed by atoms with van der Waals surface area (Å²) in [6.07, 6.45) is 3.59. The zero-order chi connectivity index (χ0) is 18.7. The Morgan fingerprint density at radius 1 is 1.38 bits per heavy atom. The third-order valence-electron chi connectivity index (χ3n) is 4.80. The largest absolute Gasteiger partial charge is 0.361 e. The molecular weight excluding hydrogens is 332 g/mol. The van der Waals surface area contributed by atoms with E-state index in [1.165, 1.54) is 0 Å². The van der Waals surface area contributed by atoms with Gasteiger partial charge in [0.15, 0.2) is 0 Å². The quantitative estimate of drug-likeness (QED) is 0.817. The molecule has 0 radical (unpaired) electrons. The number of anilines is 1. The van der Waals surface area contributed by atoms with E-state index in [-0.39, 0.29) is 11.9 Å². The molecule has 2 atom stereocenters. The highest BCUT2D eigenvalue weighted by molar-refractivity contribution is 5.79. The van der Waals surface area contributed by atoms with Gasteiger partial charge in [0.25, 0.3) is 0 Å². The van der Waals surface area contributed by atoms with E-state index in [0.29, 0.717) is 18.1 Å². The van der Waals surface area contributed by atoms with E-state index in [1.54, 1.807) is 12.5 Å². The zero-order valence-electron chi connectivity index (χ0n) is 15.8. The smallest absolute Gasteiger partial charge is 0.224 e. The number of carbonyl (C=O) groups excluding carboxylic acids is 1. The topological polar surface area (TPSA) is 87.4 Å². The van der Waals surface area contributed by atoms with E-state index >= 15 is 0 Å². The van der Waals surface area contributed by atoms with Crippen LogP contribution in [0.15, 0.2) is 23.1 Å². The van der Waals surface area contributed by atoms with Gasteiger partial charge in [-0.15, -0.1) is 0 Å². The second kappa shape index (κ2) is 7.82. The molecule has 0 aromatic carbocycles. The van der Waals surface area contributed by atoms with Gasteiger partial charge in [0.1, 0.15) is 17.9 Å². The van der Waals surface area contributed by atoms with Crippen LogP contribution in [0.3, 0.4) is 0 Å². The standard InChI is InChI=1S/C18H26N6O2/c1-12-15(13(2)26-22-12)7-18(25)21-16-10-24(9-14(16)8-23(3)4)17-5-6-19-11-20-17/h5-6,11,14,16H,7-10H2,1-4H3,(H,21,25)/t14-,16-/m1/s1. The maximum atomic E-state index is 12.6. The molecule has 0 aliphatic carbocycles. The molecule has 2 aromatic rings. The molecule has 1 fully saturated rings. The summed E-state index contributed by atoms with van der Waals surface area (Å²) in [7, 11) is 4.10. The van der Waals surface area contributed by atoms with Crippen LogP contribution in [0.1, 0.15) is 17.0 Å². The van der Waals surface area contributed by atoms with Crippen molar-refractivity contribution in [3.05, 3.63) is 35.6 Å². The number of nitrogens with one attached hydrogen (secondary N) is 1. The van der Waals surface area contributed by atoms with Gasteiger partial charge in [0.2, 0.25) is 5.91 Å². The molecule has 140 valence electrons. The van der Waals surface area contributed by atoms with Crippen LogP contribution in [0.25, 0.3) is 0 Å². The molecule has 0 spiro atoms. The molecular formula is C18H26N6O2. The molecule has 3 rings (SSSR count). The first kappa shape index (κ1) is 18.3. The number of aryl methyl sites for hydroxylation is 2. The molecule has 8 heteroatoms. The molecule has 0 saturated carbocycles. The number of rotatable bonds is 6. The van der Waals surface area contributed by atoms with Crippen LogP contribution in [0.4, 0.5) is 5.82 Å². The minimum atomic E-state index is -0.00214. The lowest BCUT2D eigenvalue weighted by Crippen LogP contribution is -2.44. The summed E-state index contributed by atoms with van der Waals surface area (Å²) in [4.78, 5) is 25.3. The van der Waals surface area contributed by atoms with Crippen molar-refractivity contribution >= 4 is 11.7 Å². The van der Waals surface area contributed by atoms with E-state index in [0.717, 1.165) is 36.7 Å². The van der Waals surface area contributed by atoms with Crippen molar-refractivity contribution in [2.24, 2.45) is 5.92 Å². The second-order valence-corrected chi connectivity index (χ2v) is 7.15. The molecule has 1 N–H and O–H groups in total. The molecule has 8 nitrogen and oxygen atoms in total. The molecule has 26 heavy (non-hydrogen) atoms. The SMILES string of the molecule is Cc1noc(C)c1CC(=O)N[C@@H]1CN(c2ccncn2)C[C@H]1CN(C)C. The Morgan fingerprint density at radius 2 is 2.19 bits per heavy atom. The number of hydrogen-bond acceptors (Lipinski definition) is 7. The van der Waals surface area contributed by atoms with Crippen molar-refractivity contribution in [3.63, 3.8) is 0 Å². The third kappa shape index (κ3) is 4.19. The monoisotopic (exact) mass is 358 g/mol. The maximum absolute atomic E-state index is 12.6. The molecule has 1 aliphatic heterocycles.